The summed E-state index contributed by atoms with van der Waals surface area (Å²) in [5.41, 5.74) is 3.70. The van der Waals surface area contributed by atoms with Crippen LogP contribution in [0.4, 0.5) is 0 Å². The topological polar surface area (TPSA) is 73.2 Å². The van der Waals surface area contributed by atoms with Gasteiger partial charge in [-0.3, -0.25) is 14.2 Å². The summed E-state index contributed by atoms with van der Waals surface area (Å²) in [5, 5.41) is 4.30. The SMILES string of the molecule is Cc1cccc(-n2c(SCC(=O)N[C@H](C)CCc3ccccc3)nc3sc4c(c3c2=O)CC(C)(C)OC4)c1. The summed E-state index contributed by atoms with van der Waals surface area (Å²) >= 11 is 2.82. The van der Waals surface area contributed by atoms with Crippen LogP contribution in [0.1, 0.15) is 48.8 Å². The lowest BCUT2D eigenvalue weighted by Crippen LogP contribution is -2.34. The molecule has 5 rings (SSSR count). The Kier molecular flexibility index (Phi) is 7.75. The fourth-order valence-corrected chi connectivity index (χ4v) is 6.78. The van der Waals surface area contributed by atoms with E-state index in [9.17, 15) is 9.59 Å². The van der Waals surface area contributed by atoms with Crippen molar-refractivity contribution >= 4 is 39.2 Å². The highest BCUT2D eigenvalue weighted by Crippen LogP contribution is 2.38. The number of fused-ring (bicyclic) bond motifs is 3. The van der Waals surface area contributed by atoms with Crippen LogP contribution in [0.15, 0.2) is 64.5 Å². The van der Waals surface area contributed by atoms with E-state index in [-0.39, 0.29) is 28.9 Å². The number of amides is 1. The van der Waals surface area contributed by atoms with Crippen LogP contribution < -0.4 is 10.9 Å². The molecule has 0 saturated carbocycles. The molecule has 0 unspecified atom stereocenters. The number of aromatic nitrogens is 2. The Morgan fingerprint density at radius 3 is 2.76 bits per heavy atom. The van der Waals surface area contributed by atoms with E-state index in [1.54, 1.807) is 4.57 Å². The van der Waals surface area contributed by atoms with Crippen LogP contribution >= 0.6 is 23.1 Å². The molecule has 1 atom stereocenters. The van der Waals surface area contributed by atoms with Crippen molar-refractivity contribution in [2.45, 2.75) is 70.4 Å². The number of nitrogens with one attached hydrogen (secondary N) is 1. The van der Waals surface area contributed by atoms with Crippen LogP contribution in [-0.4, -0.2) is 32.9 Å². The first-order valence-corrected chi connectivity index (χ1v) is 14.7. The summed E-state index contributed by atoms with van der Waals surface area (Å²) in [6.07, 6.45) is 2.44. The van der Waals surface area contributed by atoms with Crippen LogP contribution in [0, 0.1) is 6.92 Å². The largest absolute Gasteiger partial charge is 0.370 e. The summed E-state index contributed by atoms with van der Waals surface area (Å²) in [4.78, 5) is 33.6. The molecule has 3 heterocycles. The first-order chi connectivity index (χ1) is 18.2. The van der Waals surface area contributed by atoms with E-state index in [4.69, 9.17) is 9.72 Å². The molecule has 1 aliphatic heterocycles. The second kappa shape index (κ2) is 11.0. The molecular formula is C30H33N3O3S2. The van der Waals surface area contributed by atoms with Gasteiger partial charge in [-0.2, -0.15) is 0 Å². The number of carbonyl (C=O) groups excluding carboxylic acids is 1. The van der Waals surface area contributed by atoms with E-state index < -0.39 is 0 Å². The number of benzene rings is 2. The second-order valence-electron chi connectivity index (χ2n) is 10.6. The van der Waals surface area contributed by atoms with Gasteiger partial charge in [0.2, 0.25) is 5.91 Å². The van der Waals surface area contributed by atoms with Gasteiger partial charge >= 0.3 is 0 Å². The Morgan fingerprint density at radius 2 is 2.00 bits per heavy atom. The molecule has 0 fully saturated rings. The van der Waals surface area contributed by atoms with Gasteiger partial charge < -0.3 is 10.1 Å². The number of aryl methyl sites for hydroxylation is 2. The van der Waals surface area contributed by atoms with Crippen molar-refractivity contribution in [3.63, 3.8) is 0 Å². The molecule has 38 heavy (non-hydrogen) atoms. The van der Waals surface area contributed by atoms with Gasteiger partial charge in [-0.05, 0) is 69.4 Å². The average Bonchev–Trinajstić information content (AvgIpc) is 3.23. The monoisotopic (exact) mass is 547 g/mol. The number of nitrogens with zero attached hydrogens (tertiary/aromatic N) is 2. The van der Waals surface area contributed by atoms with Crippen LogP contribution in [0.3, 0.4) is 0 Å². The van der Waals surface area contributed by atoms with E-state index in [1.165, 1.54) is 28.7 Å². The maximum Gasteiger partial charge on any atom is 0.267 e. The predicted octanol–water partition coefficient (Wildman–Crippen LogP) is 5.84. The molecule has 0 aliphatic carbocycles. The van der Waals surface area contributed by atoms with E-state index in [0.29, 0.717) is 28.4 Å². The smallest absolute Gasteiger partial charge is 0.267 e. The predicted molar refractivity (Wildman–Crippen MR) is 156 cm³/mol. The zero-order chi connectivity index (χ0) is 26.9. The second-order valence-corrected chi connectivity index (χ2v) is 12.6. The Bertz CT molecular complexity index is 1530. The van der Waals surface area contributed by atoms with Crippen molar-refractivity contribution in [3.05, 3.63) is 86.5 Å². The number of hydrogen-bond donors (Lipinski definition) is 1. The number of hydrogen-bond acceptors (Lipinski definition) is 6. The van der Waals surface area contributed by atoms with Gasteiger partial charge in [-0.1, -0.05) is 54.2 Å². The number of rotatable bonds is 8. The highest BCUT2D eigenvalue weighted by molar-refractivity contribution is 7.99. The lowest BCUT2D eigenvalue weighted by atomic mass is 9.94. The highest BCUT2D eigenvalue weighted by Gasteiger charge is 2.31. The average molecular weight is 548 g/mol. The number of thiophene rings is 1. The van der Waals surface area contributed by atoms with E-state index >= 15 is 0 Å². The Labute approximate surface area is 231 Å². The van der Waals surface area contributed by atoms with Gasteiger partial charge in [0.1, 0.15) is 4.83 Å². The maximum atomic E-state index is 14.0. The van der Waals surface area contributed by atoms with E-state index in [2.05, 4.69) is 31.3 Å². The summed E-state index contributed by atoms with van der Waals surface area (Å²) in [6.45, 7) is 8.62. The fourth-order valence-electron chi connectivity index (χ4n) is 4.81. The first kappa shape index (κ1) is 26.7. The normalized spacial score (nSPS) is 15.3. The number of thioether (sulfide) groups is 1. The van der Waals surface area contributed by atoms with Gasteiger partial charge in [0, 0.05) is 17.3 Å². The summed E-state index contributed by atoms with van der Waals surface area (Å²) < 4.78 is 7.67. The molecule has 0 spiro atoms. The van der Waals surface area contributed by atoms with Crippen molar-refractivity contribution in [3.8, 4) is 5.69 Å². The first-order valence-electron chi connectivity index (χ1n) is 12.9. The lowest BCUT2D eigenvalue weighted by molar-refractivity contribution is -0.119. The molecule has 1 aliphatic rings. The van der Waals surface area contributed by atoms with Crippen molar-refractivity contribution in [2.75, 3.05) is 5.75 Å². The van der Waals surface area contributed by atoms with Gasteiger partial charge in [0.25, 0.3) is 5.56 Å². The van der Waals surface area contributed by atoms with Gasteiger partial charge in [-0.15, -0.1) is 11.3 Å². The van der Waals surface area contributed by atoms with Gasteiger partial charge in [0.05, 0.1) is 29.0 Å². The van der Waals surface area contributed by atoms with Gasteiger partial charge in [0.15, 0.2) is 5.16 Å². The molecule has 1 N–H and O–H groups in total. The summed E-state index contributed by atoms with van der Waals surface area (Å²) in [7, 11) is 0. The third-order valence-electron chi connectivity index (χ3n) is 6.78. The molecule has 4 aromatic rings. The minimum absolute atomic E-state index is 0.0464. The van der Waals surface area contributed by atoms with Crippen molar-refractivity contribution in [1.82, 2.24) is 14.9 Å². The standard InChI is InChI=1S/C30H33N3O3S2/c1-19-9-8-12-22(15-19)33-28(35)26-23-16-30(3,4)36-17-24(23)38-27(26)32-29(33)37-18-25(34)31-20(2)13-14-21-10-6-5-7-11-21/h5-12,15,20H,13-14,16-18H2,1-4H3,(H,31,34)/t20-/m1/s1. The molecule has 0 bridgehead atoms. The zero-order valence-corrected chi connectivity index (χ0v) is 23.9. The van der Waals surface area contributed by atoms with Crippen LogP contribution in [-0.2, 0) is 29.0 Å². The molecule has 1 amide bonds. The molecule has 198 valence electrons. The molecule has 0 radical (unpaired) electrons. The minimum Gasteiger partial charge on any atom is -0.370 e. The van der Waals surface area contributed by atoms with Crippen molar-refractivity contribution in [2.24, 2.45) is 0 Å². The molecule has 0 saturated heterocycles. The van der Waals surface area contributed by atoms with E-state index in [0.717, 1.165) is 34.5 Å². The molecule has 8 heteroatoms. The quantitative estimate of drug-likeness (QED) is 0.222. The van der Waals surface area contributed by atoms with Crippen LogP contribution in [0.2, 0.25) is 0 Å². The molecule has 2 aromatic carbocycles. The Balaban J connectivity index is 1.40. The molecular weight excluding hydrogens is 514 g/mol. The van der Waals surface area contributed by atoms with Crippen LogP contribution in [0.5, 0.6) is 0 Å². The summed E-state index contributed by atoms with van der Waals surface area (Å²) in [5.74, 6) is 0.113. The van der Waals surface area contributed by atoms with E-state index in [1.807, 2.05) is 56.3 Å². The molecule has 6 nitrogen and oxygen atoms in total. The molecule has 2 aromatic heterocycles. The van der Waals surface area contributed by atoms with Crippen molar-refractivity contribution in [1.29, 1.82) is 0 Å². The van der Waals surface area contributed by atoms with Gasteiger partial charge in [-0.25, -0.2) is 4.98 Å². The maximum absolute atomic E-state index is 14.0. The summed E-state index contributed by atoms with van der Waals surface area (Å²) in [6, 6.07) is 18.2. The Hall–Kier alpha value is -2.94. The van der Waals surface area contributed by atoms with Crippen molar-refractivity contribution < 1.29 is 9.53 Å². The number of carbonyl (C=O) groups is 1. The lowest BCUT2D eigenvalue weighted by Gasteiger charge is -2.29. The third-order valence-corrected chi connectivity index (χ3v) is 8.82. The minimum atomic E-state index is -0.329. The Morgan fingerprint density at radius 1 is 1.21 bits per heavy atom. The third kappa shape index (κ3) is 5.87. The number of ether oxygens (including phenoxy) is 1. The fraction of sp³-hybridized carbons (Fsp3) is 0.367. The van der Waals surface area contributed by atoms with Crippen LogP contribution in [0.25, 0.3) is 15.9 Å². The zero-order valence-electron chi connectivity index (χ0n) is 22.2. The highest BCUT2D eigenvalue weighted by atomic mass is 32.2.